The fourth-order valence-electron chi connectivity index (χ4n) is 8.14. The molecule has 0 saturated heterocycles. The molecule has 0 spiro atoms. The first-order valence-corrected chi connectivity index (χ1v) is 19.1. The molecule has 0 N–H and O–H groups in total. The van der Waals surface area contributed by atoms with E-state index in [0.29, 0.717) is 0 Å². The van der Waals surface area contributed by atoms with E-state index in [9.17, 15) is 14.4 Å². The van der Waals surface area contributed by atoms with Crippen molar-refractivity contribution in [3.63, 3.8) is 0 Å². The molecule has 0 radical (unpaired) electrons. The van der Waals surface area contributed by atoms with Gasteiger partial charge in [-0.05, 0) is 0 Å². The zero-order valence-electron chi connectivity index (χ0n) is 25.1. The summed E-state index contributed by atoms with van der Waals surface area (Å²) in [5.41, 5.74) is 4.75. The average Bonchev–Trinajstić information content (AvgIpc) is 3.20. The molecule has 0 aromatic heterocycles. The van der Waals surface area contributed by atoms with Crippen molar-refractivity contribution in [2.75, 3.05) is 0 Å². The summed E-state index contributed by atoms with van der Waals surface area (Å²) in [7, 11) is 0. The van der Waals surface area contributed by atoms with Crippen molar-refractivity contribution in [2.24, 2.45) is 17.8 Å². The van der Waals surface area contributed by atoms with Gasteiger partial charge in [-0.1, -0.05) is 0 Å². The summed E-state index contributed by atoms with van der Waals surface area (Å²) in [4.78, 5) is 42.0. The molecule has 7 heteroatoms. The number of rotatable bonds is 7. The molecule has 3 saturated carbocycles. The third kappa shape index (κ3) is 5.78. The van der Waals surface area contributed by atoms with Gasteiger partial charge < -0.3 is 0 Å². The molecule has 0 aromatic rings. The summed E-state index contributed by atoms with van der Waals surface area (Å²) >= 11 is -5.07. The molecule has 0 bridgehead atoms. The van der Waals surface area contributed by atoms with E-state index in [4.69, 9.17) is 9.96 Å². The quantitative estimate of drug-likeness (QED) is 0.276. The maximum atomic E-state index is 14.0. The van der Waals surface area contributed by atoms with Gasteiger partial charge in [-0.15, -0.1) is 0 Å². The van der Waals surface area contributed by atoms with Gasteiger partial charge in [-0.2, -0.15) is 0 Å². The average molecular weight is 591 g/mol. The van der Waals surface area contributed by atoms with Crippen LogP contribution in [0, 0.1) is 17.8 Å². The van der Waals surface area contributed by atoms with Crippen LogP contribution in [0.3, 0.4) is 0 Å². The molecule has 3 fully saturated rings. The molecule has 6 nitrogen and oxygen atoms in total. The Balaban J connectivity index is 1.60. The third-order valence-electron chi connectivity index (χ3n) is 11.0. The van der Waals surface area contributed by atoms with Crippen molar-refractivity contribution in [2.45, 2.75) is 146 Å². The van der Waals surface area contributed by atoms with Gasteiger partial charge in [0.2, 0.25) is 0 Å². The van der Waals surface area contributed by atoms with Crippen molar-refractivity contribution in [1.82, 2.24) is 0 Å². The summed E-state index contributed by atoms with van der Waals surface area (Å²) in [6.45, 7) is 6.31. The number of carbonyl (C=O) groups is 3. The van der Waals surface area contributed by atoms with E-state index in [-0.39, 0.29) is 35.7 Å². The molecular weight excluding hydrogens is 540 g/mol. The van der Waals surface area contributed by atoms with E-state index in [1.54, 1.807) is 0 Å². The topological polar surface area (TPSA) is 78.9 Å². The minimum atomic E-state index is -5.07. The second kappa shape index (κ2) is 12.9. The molecule has 0 aliphatic heterocycles. The Labute approximate surface area is 245 Å². The van der Waals surface area contributed by atoms with Gasteiger partial charge in [0.25, 0.3) is 0 Å². The van der Waals surface area contributed by atoms with Gasteiger partial charge in [0, 0.05) is 0 Å². The van der Waals surface area contributed by atoms with Crippen molar-refractivity contribution >= 4 is 17.9 Å². The fraction of sp³-hybridized carbons (Fsp3) is 0.788. The first kappa shape index (κ1) is 30.1. The van der Waals surface area contributed by atoms with Crippen LogP contribution in [-0.4, -0.2) is 17.9 Å². The Hall–Kier alpha value is -1.40. The van der Waals surface area contributed by atoms with Crippen LogP contribution in [0.5, 0.6) is 0 Å². The van der Waals surface area contributed by atoms with Crippen molar-refractivity contribution in [1.29, 1.82) is 0 Å². The van der Waals surface area contributed by atoms with E-state index in [2.05, 4.69) is 20.8 Å². The van der Waals surface area contributed by atoms with Crippen LogP contribution in [0.1, 0.15) is 143 Å². The number of allylic oxidation sites excluding steroid dienone is 4. The first-order chi connectivity index (χ1) is 19.3. The van der Waals surface area contributed by atoms with Crippen LogP contribution < -0.4 is 0 Å². The molecule has 0 amide bonds. The predicted octanol–water partition coefficient (Wildman–Crippen LogP) is 8.66. The predicted molar refractivity (Wildman–Crippen MR) is 150 cm³/mol. The van der Waals surface area contributed by atoms with Gasteiger partial charge in [-0.3, -0.25) is 0 Å². The molecule has 5 aliphatic rings. The molecule has 1 atom stereocenters. The Bertz CT molecular complexity index is 962. The summed E-state index contributed by atoms with van der Waals surface area (Å²) < 4.78 is 19.1. The molecule has 0 heterocycles. The van der Waals surface area contributed by atoms with Gasteiger partial charge in [-0.25, -0.2) is 0 Å². The summed E-state index contributed by atoms with van der Waals surface area (Å²) in [6.07, 6.45) is 18.0. The Morgan fingerprint density at radius 2 is 0.975 bits per heavy atom. The van der Waals surface area contributed by atoms with Crippen LogP contribution >= 0.6 is 0 Å². The standard InChI is InChI=1S/C12H17.3C7H12O2.Ti/c1-8-9(2)11-6-4-5-7-12(11)10(8)3;3*8-7(9)6-4-2-1-3-5-6;/h4-7H2,1-3H3;3*6H,1-5H2,(H,8,9);/q;;;;+3/p-3. The molecule has 222 valence electrons. The minimum absolute atomic E-state index is 0.226. The summed E-state index contributed by atoms with van der Waals surface area (Å²) in [6, 6.07) is 0. The van der Waals surface area contributed by atoms with E-state index >= 15 is 0 Å². The van der Waals surface area contributed by atoms with Crippen molar-refractivity contribution in [3.05, 3.63) is 22.3 Å². The molecule has 5 rings (SSSR count). The normalized spacial score (nSPS) is 27.4. The van der Waals surface area contributed by atoms with Gasteiger partial charge >= 0.3 is 247 Å². The van der Waals surface area contributed by atoms with Crippen LogP contribution in [0.15, 0.2) is 22.3 Å². The zero-order valence-corrected chi connectivity index (χ0v) is 26.7. The number of hydrogen-bond donors (Lipinski definition) is 0. The monoisotopic (exact) mass is 590 g/mol. The molecule has 40 heavy (non-hydrogen) atoms. The van der Waals surface area contributed by atoms with Gasteiger partial charge in [0.1, 0.15) is 0 Å². The van der Waals surface area contributed by atoms with Crippen molar-refractivity contribution < 1.29 is 42.1 Å². The van der Waals surface area contributed by atoms with Gasteiger partial charge in [0.15, 0.2) is 0 Å². The van der Waals surface area contributed by atoms with Gasteiger partial charge in [0.05, 0.1) is 0 Å². The number of carbonyl (C=O) groups excluding carboxylic acids is 3. The zero-order chi connectivity index (χ0) is 28.3. The second-order valence-electron chi connectivity index (χ2n) is 13.4. The summed E-state index contributed by atoms with van der Waals surface area (Å²) in [5.74, 6) is -1.63. The Kier molecular flexibility index (Phi) is 9.67. The molecular formula is C33H50O6Ti. The van der Waals surface area contributed by atoms with Crippen LogP contribution in [0.4, 0.5) is 0 Å². The fourth-order valence-corrected chi connectivity index (χ4v) is 13.3. The molecule has 0 aromatic carbocycles. The van der Waals surface area contributed by atoms with E-state index < -0.39 is 21.5 Å². The van der Waals surface area contributed by atoms with Crippen LogP contribution in [0.2, 0.25) is 3.72 Å². The SMILES string of the molecule is CC1=C(C)[C](C)([Ti]([O]C(=O)C2CCCCC2)([O]C(=O)C2CCCCC2)[O]C(=O)C2CCCCC2)C2=C1CCCC2. The third-order valence-corrected chi connectivity index (χ3v) is 16.1. The molecule has 5 aliphatic carbocycles. The Morgan fingerprint density at radius 3 is 1.38 bits per heavy atom. The van der Waals surface area contributed by atoms with E-state index in [1.807, 2.05) is 0 Å². The second-order valence-corrected chi connectivity index (χ2v) is 17.6. The van der Waals surface area contributed by atoms with Crippen LogP contribution in [0.25, 0.3) is 0 Å². The van der Waals surface area contributed by atoms with E-state index in [1.165, 1.54) is 16.7 Å². The van der Waals surface area contributed by atoms with Crippen molar-refractivity contribution in [3.8, 4) is 0 Å². The first-order valence-electron chi connectivity index (χ1n) is 16.4. The number of hydrogen-bond acceptors (Lipinski definition) is 6. The molecule has 1 unspecified atom stereocenters. The Morgan fingerprint density at radius 1 is 0.600 bits per heavy atom. The maximum absolute atomic E-state index is 14.0. The van der Waals surface area contributed by atoms with E-state index in [0.717, 1.165) is 128 Å². The summed E-state index contributed by atoms with van der Waals surface area (Å²) in [5, 5.41) is 0. The van der Waals surface area contributed by atoms with Crippen LogP contribution in [-0.2, 0) is 42.1 Å².